The first-order valence-corrected chi connectivity index (χ1v) is 7.33. The molecule has 118 valence electrons. The minimum absolute atomic E-state index is 0.0867. The zero-order valence-electron chi connectivity index (χ0n) is 14.0. The minimum Gasteiger partial charge on any atom is -0.480 e. The van der Waals surface area contributed by atoms with Gasteiger partial charge in [0.25, 0.3) is 0 Å². The highest BCUT2D eigenvalue weighted by Gasteiger charge is 2.41. The number of rotatable bonds is 6. The van der Waals surface area contributed by atoms with Gasteiger partial charge in [0.15, 0.2) is 5.54 Å². The molecule has 0 heterocycles. The largest absolute Gasteiger partial charge is 0.480 e. The molecule has 2 atom stereocenters. The molecule has 2 unspecified atom stereocenters. The molecule has 4 heteroatoms. The summed E-state index contributed by atoms with van der Waals surface area (Å²) in [6.07, 6.45) is 0. The van der Waals surface area contributed by atoms with Crippen molar-refractivity contribution in [2.45, 2.75) is 39.3 Å². The Labute approximate surface area is 128 Å². The van der Waals surface area contributed by atoms with Crippen molar-refractivity contribution in [2.75, 3.05) is 20.6 Å². The van der Waals surface area contributed by atoms with E-state index in [9.17, 15) is 9.90 Å². The average Bonchev–Trinajstić information content (AvgIpc) is 2.43. The molecule has 0 aliphatic rings. The van der Waals surface area contributed by atoms with Gasteiger partial charge in [-0.3, -0.25) is 0 Å². The monoisotopic (exact) mass is 292 g/mol. The third kappa shape index (κ3) is 3.83. The van der Waals surface area contributed by atoms with E-state index in [4.69, 9.17) is 0 Å². The zero-order valence-corrected chi connectivity index (χ0v) is 14.0. The molecule has 1 aromatic rings. The van der Waals surface area contributed by atoms with E-state index < -0.39 is 11.5 Å². The van der Waals surface area contributed by atoms with Gasteiger partial charge in [-0.15, -0.1) is 0 Å². The third-order valence-corrected chi connectivity index (χ3v) is 4.46. The van der Waals surface area contributed by atoms with Crippen molar-refractivity contribution in [3.05, 3.63) is 35.9 Å². The van der Waals surface area contributed by atoms with Gasteiger partial charge in [-0.2, -0.15) is 0 Å². The van der Waals surface area contributed by atoms with Crippen LogP contribution < -0.4 is 5.32 Å². The summed E-state index contributed by atoms with van der Waals surface area (Å²) in [6, 6.07) is 9.62. The maximum absolute atomic E-state index is 12.0. The molecule has 0 aromatic heterocycles. The van der Waals surface area contributed by atoms with E-state index in [1.54, 1.807) is 7.05 Å². The summed E-state index contributed by atoms with van der Waals surface area (Å²) in [5, 5.41) is 12.8. The number of likely N-dealkylation sites (N-methyl/N-ethyl adjacent to an activating group) is 2. The average molecular weight is 292 g/mol. The van der Waals surface area contributed by atoms with Crippen molar-refractivity contribution in [3.8, 4) is 0 Å². The lowest BCUT2D eigenvalue weighted by Gasteiger charge is -2.40. The molecule has 2 N–H and O–H groups in total. The van der Waals surface area contributed by atoms with Crippen molar-refractivity contribution >= 4 is 5.97 Å². The number of hydrogen-bond acceptors (Lipinski definition) is 3. The molecule has 21 heavy (non-hydrogen) atoms. The Hall–Kier alpha value is -1.39. The maximum Gasteiger partial charge on any atom is 0.329 e. The first-order valence-electron chi connectivity index (χ1n) is 7.33. The van der Waals surface area contributed by atoms with Gasteiger partial charge >= 0.3 is 5.97 Å². The van der Waals surface area contributed by atoms with Crippen LogP contribution in [0.25, 0.3) is 0 Å². The van der Waals surface area contributed by atoms with Gasteiger partial charge in [-0.05, 0) is 32.0 Å². The topological polar surface area (TPSA) is 52.6 Å². The Morgan fingerprint density at radius 3 is 2.19 bits per heavy atom. The van der Waals surface area contributed by atoms with Crippen LogP contribution in [0.1, 0.15) is 33.3 Å². The van der Waals surface area contributed by atoms with E-state index in [0.717, 1.165) is 5.56 Å². The van der Waals surface area contributed by atoms with E-state index in [0.29, 0.717) is 6.54 Å². The fourth-order valence-electron chi connectivity index (χ4n) is 2.51. The van der Waals surface area contributed by atoms with Crippen LogP contribution in [-0.4, -0.2) is 42.7 Å². The lowest BCUT2D eigenvalue weighted by atomic mass is 9.84. The molecular weight excluding hydrogens is 264 g/mol. The van der Waals surface area contributed by atoms with Gasteiger partial charge in [0.1, 0.15) is 0 Å². The molecular formula is C17H28N2O2. The first-order chi connectivity index (χ1) is 9.65. The quantitative estimate of drug-likeness (QED) is 0.846. The summed E-state index contributed by atoms with van der Waals surface area (Å²) in [4.78, 5) is 14.1. The predicted octanol–water partition coefficient (Wildman–Crippen LogP) is 2.55. The second-order valence-corrected chi connectivity index (χ2v) is 6.78. The van der Waals surface area contributed by atoms with Crippen LogP contribution in [0.15, 0.2) is 30.3 Å². The summed E-state index contributed by atoms with van der Waals surface area (Å²) in [6.45, 7) is 9.03. The van der Waals surface area contributed by atoms with Crippen LogP contribution in [0.5, 0.6) is 0 Å². The summed E-state index contributed by atoms with van der Waals surface area (Å²) in [7, 11) is 3.69. The van der Waals surface area contributed by atoms with Gasteiger partial charge < -0.3 is 15.3 Å². The van der Waals surface area contributed by atoms with Crippen LogP contribution in [0.2, 0.25) is 0 Å². The molecule has 4 nitrogen and oxygen atoms in total. The lowest BCUT2D eigenvalue weighted by Crippen LogP contribution is -2.57. The number of nitrogens with zero attached hydrogens (tertiary/aromatic N) is 1. The smallest absolute Gasteiger partial charge is 0.329 e. The van der Waals surface area contributed by atoms with Gasteiger partial charge in [-0.1, -0.05) is 51.1 Å². The summed E-state index contributed by atoms with van der Waals surface area (Å²) in [5.74, 6) is -0.857. The standard InChI is InChI=1S/C17H28N2O2/c1-13(16(2,3)4)19(6)12-17(18-5,15(20)21)14-10-8-7-9-11-14/h7-11,13,18H,12H2,1-6H3,(H,20,21). The second kappa shape index (κ2) is 6.58. The highest BCUT2D eigenvalue weighted by Crippen LogP contribution is 2.28. The number of hydrogen-bond donors (Lipinski definition) is 2. The summed E-state index contributed by atoms with van der Waals surface area (Å²) in [5.41, 5.74) is -0.244. The molecule has 0 spiro atoms. The molecule has 1 rings (SSSR count). The first kappa shape index (κ1) is 17.7. The highest BCUT2D eigenvalue weighted by atomic mass is 16.4. The van der Waals surface area contributed by atoms with E-state index in [2.05, 4.69) is 37.9 Å². The number of carboxylic acid groups (broad SMARTS) is 1. The number of benzene rings is 1. The minimum atomic E-state index is -1.10. The normalized spacial score (nSPS) is 16.5. The van der Waals surface area contributed by atoms with Crippen LogP contribution in [0.3, 0.4) is 0 Å². The second-order valence-electron chi connectivity index (χ2n) is 6.78. The molecule has 0 fully saturated rings. The van der Waals surface area contributed by atoms with Crippen LogP contribution in [-0.2, 0) is 10.3 Å². The molecule has 0 aliphatic carbocycles. The predicted molar refractivity (Wildman–Crippen MR) is 86.4 cm³/mol. The van der Waals surface area contributed by atoms with Crippen molar-refractivity contribution in [1.29, 1.82) is 0 Å². The van der Waals surface area contributed by atoms with E-state index >= 15 is 0 Å². The van der Waals surface area contributed by atoms with E-state index in [1.165, 1.54) is 0 Å². The van der Waals surface area contributed by atoms with E-state index in [1.807, 2.05) is 37.4 Å². The van der Waals surface area contributed by atoms with E-state index in [-0.39, 0.29) is 11.5 Å². The van der Waals surface area contributed by atoms with Crippen LogP contribution in [0.4, 0.5) is 0 Å². The van der Waals surface area contributed by atoms with Gasteiger partial charge in [0.2, 0.25) is 0 Å². The molecule has 0 saturated carbocycles. The Bertz CT molecular complexity index is 467. The van der Waals surface area contributed by atoms with Gasteiger partial charge in [-0.25, -0.2) is 4.79 Å². The Kier molecular flexibility index (Phi) is 5.54. The number of nitrogens with one attached hydrogen (secondary N) is 1. The van der Waals surface area contributed by atoms with Crippen molar-refractivity contribution in [2.24, 2.45) is 5.41 Å². The third-order valence-electron chi connectivity index (χ3n) is 4.46. The number of aliphatic carboxylic acids is 1. The van der Waals surface area contributed by atoms with Gasteiger partial charge in [0.05, 0.1) is 0 Å². The van der Waals surface area contributed by atoms with Crippen molar-refractivity contribution in [3.63, 3.8) is 0 Å². The summed E-state index contributed by atoms with van der Waals surface area (Å²) < 4.78 is 0. The highest BCUT2D eigenvalue weighted by molar-refractivity contribution is 5.81. The van der Waals surface area contributed by atoms with Crippen LogP contribution in [0, 0.1) is 5.41 Å². The molecule has 0 bridgehead atoms. The fraction of sp³-hybridized carbons (Fsp3) is 0.588. The lowest BCUT2D eigenvalue weighted by molar-refractivity contribution is -0.146. The van der Waals surface area contributed by atoms with Crippen molar-refractivity contribution < 1.29 is 9.90 Å². The Morgan fingerprint density at radius 1 is 1.29 bits per heavy atom. The molecule has 1 aromatic carbocycles. The zero-order chi connectivity index (χ0) is 16.3. The molecule has 0 amide bonds. The number of carboxylic acids is 1. The SMILES string of the molecule is CNC(CN(C)C(C)C(C)(C)C)(C(=O)O)c1ccccc1. The van der Waals surface area contributed by atoms with Crippen molar-refractivity contribution in [1.82, 2.24) is 10.2 Å². The molecule has 0 aliphatic heterocycles. The Morgan fingerprint density at radius 2 is 1.81 bits per heavy atom. The Balaban J connectivity index is 3.14. The molecule has 0 saturated heterocycles. The van der Waals surface area contributed by atoms with Crippen LogP contribution >= 0.6 is 0 Å². The fourth-order valence-corrected chi connectivity index (χ4v) is 2.51. The summed E-state index contributed by atoms with van der Waals surface area (Å²) >= 11 is 0. The maximum atomic E-state index is 12.0. The molecule has 0 radical (unpaired) electrons. The number of carbonyl (C=O) groups is 1. The van der Waals surface area contributed by atoms with Gasteiger partial charge in [0, 0.05) is 12.6 Å².